The predicted octanol–water partition coefficient (Wildman–Crippen LogP) is 28.5. The maximum absolute atomic E-state index is 14.8. The summed E-state index contributed by atoms with van der Waals surface area (Å²) in [7, 11) is 0. The van der Waals surface area contributed by atoms with Crippen molar-refractivity contribution in [3.8, 4) is 28.7 Å². The molecule has 15 rings (SSSR count). The van der Waals surface area contributed by atoms with Gasteiger partial charge in [-0.3, -0.25) is 28.8 Å². The molecule has 0 bridgehead atoms. The number of aliphatic carboxylic acids is 5. The van der Waals surface area contributed by atoms with Crippen molar-refractivity contribution in [1.82, 2.24) is 5.32 Å². The van der Waals surface area contributed by atoms with Crippen LogP contribution in [0.2, 0.25) is 30.1 Å². The van der Waals surface area contributed by atoms with Gasteiger partial charge in [-0.05, 0) is 365 Å². The second kappa shape index (κ2) is 54.0. The first-order valence-corrected chi connectivity index (χ1v) is 51.5. The Labute approximate surface area is 878 Å². The number of benzene rings is 10. The van der Waals surface area contributed by atoms with E-state index >= 15 is 0 Å². The smallest absolute Gasteiger partial charge is 0.322 e. The molecule has 0 radical (unpaired) electrons. The minimum absolute atomic E-state index is 0.00715. The van der Waals surface area contributed by atoms with Crippen molar-refractivity contribution in [2.45, 2.75) is 156 Å². The number of carboxylic acid groups (broad SMARTS) is 5. The predicted molar refractivity (Wildman–Crippen MR) is 557 cm³/mol. The first-order chi connectivity index (χ1) is 65.9. The third-order valence-corrected chi connectivity index (χ3v) is 27.7. The Morgan fingerprint density at radius 3 is 1.04 bits per heavy atom. The van der Waals surface area contributed by atoms with Gasteiger partial charge in [-0.1, -0.05) is 106 Å². The van der Waals surface area contributed by atoms with Crippen LogP contribution < -0.4 is 55.6 Å². The molecular weight excluding hydrogens is 2300 g/mol. The van der Waals surface area contributed by atoms with Gasteiger partial charge in [0.2, 0.25) is 0 Å². The molecule has 5 saturated carbocycles. The summed E-state index contributed by atoms with van der Waals surface area (Å²) in [5.41, 5.74) is 11.3. The van der Waals surface area contributed by atoms with Gasteiger partial charge in [0, 0.05) is 91.9 Å². The molecule has 138 heavy (non-hydrogen) atoms. The summed E-state index contributed by atoms with van der Waals surface area (Å²) in [4.78, 5) is 65.5. The van der Waals surface area contributed by atoms with Gasteiger partial charge in [0.15, 0.2) is 23.1 Å². The molecule has 0 aliphatic heterocycles. The van der Waals surface area contributed by atoms with E-state index in [1.807, 2.05) is 79.7 Å². The average Bonchev–Trinajstić information content (AvgIpc) is 1.05. The SMILES string of the molecule is Cc1cc(COc2c(Cl)cc(CCC(=O)O)cc2Cl)c(F)c(NCC2CC2)c1.O=C(O)CCc1cc(Br)c(OCc2cccc(NCC3CC3)c2Cl)c(Br)c1.O=C(O)CCc1cc(Br)c(OCc2cccc(NCC3CC3)c2F)c(Br)c1.O=C(O)CCc1cc(Cl)c(OCc2cc(F)cc(NCC3CC3)c2)c(Cl)c1.O=C(O)CNC(=O)c1cc(Br)c(OCc2cccc(NCC3CC3)c2Cl)c(Br)c1. The van der Waals surface area contributed by atoms with Crippen molar-refractivity contribution in [2.24, 2.45) is 29.6 Å². The van der Waals surface area contributed by atoms with Crippen molar-refractivity contribution in [1.29, 1.82) is 0 Å². The van der Waals surface area contributed by atoms with Gasteiger partial charge in [0.05, 0.1) is 79.7 Å². The van der Waals surface area contributed by atoms with E-state index in [0.29, 0.717) is 150 Å². The normalized spacial score (nSPS) is 13.4. The summed E-state index contributed by atoms with van der Waals surface area (Å²) in [5.74, 6) is -0.192. The maximum Gasteiger partial charge on any atom is 0.322 e. The molecule has 5 fully saturated rings. The summed E-state index contributed by atoms with van der Waals surface area (Å²) in [6.07, 6.45) is 14.0. The number of halogens is 15. The van der Waals surface area contributed by atoms with Crippen LogP contribution >= 0.6 is 165 Å². The lowest BCUT2D eigenvalue weighted by Gasteiger charge is -2.15. The minimum atomic E-state index is -1.11. The second-order valence-corrected chi connectivity index (χ2v) is 41.5. The molecule has 0 saturated heterocycles. The molecule has 736 valence electrons. The molecule has 0 unspecified atom stereocenters. The standard InChI is InChI=1S/C21H22Cl2FNO3.C20H19Br2ClN2O4.C20H20Br2ClNO3.C20H20Br2FNO3.C20H20Cl2FNO3/c1-12-6-15(20(24)18(7-12)25-10-13-2-3-13)11-28-21-16(22)8-14(9-17(21)23)4-5-19(26)27;21-14-6-13(20(28)25-9-17(26)27)7-15(22)19(14)29-10-12-2-1-3-16(18(12)23)24-8-11-4-5-11;2*21-15-8-13(6-7-18(25)26)9-16(22)20(15)27-11-14-2-1-3-17(19(14)23)24-10-12-4-5-12;21-17-7-13(3-4-19(25)26)8-18(22)20(17)27-11-14-5-15(23)9-16(6-14)24-10-12-1-2-12/h6-9,13,25H,2-5,10-11H2,1H3,(H,26,27);1-3,6-7,11,24H,4-5,8-10H2,(H,25,28)(H,26,27);2*1-3,8-9,12,24H,4-7,10-11H2,(H,25,26);5-9,12,24H,1-4,10-11H2,(H,25,26). The molecule has 10 aromatic carbocycles. The summed E-state index contributed by atoms with van der Waals surface area (Å²) >= 11 is 58.7. The Balaban J connectivity index is 0.000000165. The number of anilines is 5. The third-order valence-electron chi connectivity index (χ3n) is 22.2. The lowest BCUT2D eigenvalue weighted by atomic mass is 10.1. The largest absolute Gasteiger partial charge is 0.486 e. The van der Waals surface area contributed by atoms with Gasteiger partial charge in [-0.2, -0.15) is 0 Å². The molecule has 0 heterocycles. The van der Waals surface area contributed by atoms with Gasteiger partial charge < -0.3 is 81.1 Å². The first kappa shape index (κ1) is 110. The maximum atomic E-state index is 14.8. The summed E-state index contributed by atoms with van der Waals surface area (Å²) in [6, 6.07) is 42.3. The Kier molecular flexibility index (Phi) is 43.0. The van der Waals surface area contributed by atoms with Gasteiger partial charge in [-0.15, -0.1) is 0 Å². The van der Waals surface area contributed by atoms with Gasteiger partial charge in [0.25, 0.3) is 5.91 Å². The van der Waals surface area contributed by atoms with Crippen molar-refractivity contribution >= 4 is 229 Å². The van der Waals surface area contributed by atoms with Gasteiger partial charge >= 0.3 is 29.8 Å². The van der Waals surface area contributed by atoms with Crippen LogP contribution in [0.5, 0.6) is 28.7 Å². The fourth-order valence-electron chi connectivity index (χ4n) is 13.7. The molecule has 1 amide bonds. The number of carbonyl (C=O) groups excluding carboxylic acids is 1. The molecule has 5 aliphatic rings. The fourth-order valence-corrected chi connectivity index (χ4v) is 19.9. The summed E-state index contributed by atoms with van der Waals surface area (Å²) in [5, 5.41) is 65.0. The van der Waals surface area contributed by atoms with E-state index in [2.05, 4.69) is 127 Å². The Morgan fingerprint density at radius 2 is 0.659 bits per heavy atom. The quantitative estimate of drug-likeness (QED) is 0.0169. The molecule has 10 aromatic rings. The van der Waals surface area contributed by atoms with Gasteiger partial charge in [-0.25, -0.2) is 13.2 Å². The highest BCUT2D eigenvalue weighted by molar-refractivity contribution is 9.12. The summed E-state index contributed by atoms with van der Waals surface area (Å²) in [6.45, 7) is 6.54. The van der Waals surface area contributed by atoms with Gasteiger partial charge in [0.1, 0.15) is 62.6 Å². The van der Waals surface area contributed by atoms with E-state index < -0.39 is 42.3 Å². The number of amides is 1. The number of rotatable bonds is 45. The number of hydrogen-bond donors (Lipinski definition) is 11. The summed E-state index contributed by atoms with van der Waals surface area (Å²) < 4.78 is 76.6. The number of hydrogen-bond acceptors (Lipinski definition) is 16. The van der Waals surface area contributed by atoms with Crippen LogP contribution in [0.25, 0.3) is 0 Å². The Hall–Kier alpha value is -8.57. The van der Waals surface area contributed by atoms with Crippen molar-refractivity contribution in [3.63, 3.8) is 0 Å². The lowest BCUT2D eigenvalue weighted by molar-refractivity contribution is -0.138. The molecule has 11 N–H and O–H groups in total. The molecule has 0 aromatic heterocycles. The Bertz CT molecular complexity index is 5750. The Morgan fingerprint density at radius 1 is 0.341 bits per heavy atom. The zero-order chi connectivity index (χ0) is 99.4. The number of carbonyl (C=O) groups is 6. The second-order valence-electron chi connectivity index (χ2n) is 34.0. The van der Waals surface area contributed by atoms with Crippen LogP contribution in [0.15, 0.2) is 172 Å². The van der Waals surface area contributed by atoms with Crippen molar-refractivity contribution < 1.29 is 91.2 Å². The van der Waals surface area contributed by atoms with E-state index in [4.69, 9.17) is 119 Å². The molecule has 0 spiro atoms. The van der Waals surface area contributed by atoms with Crippen LogP contribution in [0.3, 0.4) is 0 Å². The van der Waals surface area contributed by atoms with E-state index in [-0.39, 0.29) is 85.4 Å². The average molecular weight is 2400 g/mol. The fraction of sp³-hybridized carbons (Fsp3) is 0.347. The number of ether oxygens (including phenoxy) is 5. The molecule has 37 heteroatoms. The number of carboxylic acids is 5. The minimum Gasteiger partial charge on any atom is -0.486 e. The molecule has 0 atom stereocenters. The number of nitrogens with one attached hydrogen (secondary N) is 6. The highest BCUT2D eigenvalue weighted by Crippen LogP contribution is 2.44. The van der Waals surface area contributed by atoms with E-state index in [1.54, 1.807) is 60.7 Å². The van der Waals surface area contributed by atoms with Crippen molar-refractivity contribution in [2.75, 3.05) is 65.9 Å². The highest BCUT2D eigenvalue weighted by atomic mass is 79.9. The zero-order valence-corrected chi connectivity index (χ0v) is 88.7. The number of aryl methyl sites for hydroxylation is 5. The van der Waals surface area contributed by atoms with Crippen molar-refractivity contribution in [3.05, 3.63) is 281 Å². The van der Waals surface area contributed by atoms with Crippen LogP contribution in [-0.4, -0.2) is 101 Å². The topological polar surface area (TPSA) is 322 Å². The zero-order valence-electron chi connectivity index (χ0n) is 74.6. The van der Waals surface area contributed by atoms with E-state index in [0.717, 1.165) is 104 Å². The molecule has 22 nitrogen and oxygen atoms in total. The van der Waals surface area contributed by atoms with Crippen LogP contribution in [0.1, 0.15) is 156 Å². The van der Waals surface area contributed by atoms with Crippen LogP contribution in [-0.2, 0) is 82.7 Å². The third kappa shape index (κ3) is 36.7. The van der Waals surface area contributed by atoms with Crippen LogP contribution in [0, 0.1) is 54.0 Å². The lowest BCUT2D eigenvalue weighted by Crippen LogP contribution is -2.29. The monoisotopic (exact) mass is 2390 g/mol. The van der Waals surface area contributed by atoms with Crippen LogP contribution in [0.4, 0.5) is 41.6 Å². The highest BCUT2D eigenvalue weighted by Gasteiger charge is 2.28. The van der Waals surface area contributed by atoms with E-state index in [9.17, 15) is 41.9 Å². The first-order valence-electron chi connectivity index (χ1n) is 44.5. The molecular formula is C101H101Br6Cl6F3N6O16. The molecule has 5 aliphatic carbocycles. The van der Waals surface area contributed by atoms with E-state index in [1.165, 1.54) is 76.3 Å².